The van der Waals surface area contributed by atoms with E-state index in [0.29, 0.717) is 17.4 Å². The van der Waals surface area contributed by atoms with Gasteiger partial charge in [-0.05, 0) is 44.8 Å². The minimum Gasteiger partial charge on any atom is -0.496 e. The Morgan fingerprint density at radius 1 is 1.25 bits per heavy atom. The first-order valence-electron chi connectivity index (χ1n) is 8.64. The smallest absolute Gasteiger partial charge is 0.325 e. The second kappa shape index (κ2) is 7.49. The van der Waals surface area contributed by atoms with Crippen molar-refractivity contribution in [2.45, 2.75) is 37.8 Å². The van der Waals surface area contributed by atoms with E-state index in [1.54, 1.807) is 0 Å². The molecule has 1 aromatic carbocycles. The van der Waals surface area contributed by atoms with E-state index in [1.807, 2.05) is 4.90 Å². The molecule has 2 saturated heterocycles. The van der Waals surface area contributed by atoms with Gasteiger partial charge in [0.2, 0.25) is 0 Å². The Bertz CT molecular complexity index is 582. The molecular weight excluding hydrogens is 311 g/mol. The quantitative estimate of drug-likeness (QED) is 0.895. The third kappa shape index (κ3) is 3.54. The molecule has 0 amide bonds. The number of methoxy groups -OCH3 is 1. The van der Waals surface area contributed by atoms with Gasteiger partial charge in [-0.3, -0.25) is 9.69 Å². The average molecular weight is 336 g/mol. The fourth-order valence-corrected chi connectivity index (χ4v) is 4.01. The van der Waals surface area contributed by atoms with Gasteiger partial charge >= 0.3 is 5.97 Å². The zero-order valence-electron chi connectivity index (χ0n) is 14.1. The lowest BCUT2D eigenvalue weighted by Crippen LogP contribution is -2.46. The molecule has 0 aliphatic carbocycles. The van der Waals surface area contributed by atoms with Crippen molar-refractivity contribution in [3.63, 3.8) is 0 Å². The van der Waals surface area contributed by atoms with Gasteiger partial charge in [0.15, 0.2) is 0 Å². The molecule has 0 radical (unpaired) electrons. The molecular formula is C18H25FN2O3. The number of rotatable bonds is 5. The summed E-state index contributed by atoms with van der Waals surface area (Å²) in [6.45, 7) is 3.80. The maximum absolute atomic E-state index is 13.4. The van der Waals surface area contributed by atoms with Crippen molar-refractivity contribution in [3.8, 4) is 5.75 Å². The molecule has 0 spiro atoms. The lowest BCUT2D eigenvalue weighted by molar-refractivity contribution is -0.144. The fraction of sp³-hybridized carbons (Fsp3) is 0.611. The summed E-state index contributed by atoms with van der Waals surface area (Å²) in [4.78, 5) is 16.4. The van der Waals surface area contributed by atoms with Crippen LogP contribution in [0.15, 0.2) is 18.2 Å². The first kappa shape index (κ1) is 17.2. The molecule has 1 atom stereocenters. The number of benzene rings is 1. The number of halogens is 1. The van der Waals surface area contributed by atoms with Crippen LogP contribution in [0.1, 0.15) is 37.3 Å². The maximum atomic E-state index is 13.4. The largest absolute Gasteiger partial charge is 0.496 e. The maximum Gasteiger partial charge on any atom is 0.325 e. The molecule has 1 aromatic rings. The molecule has 2 heterocycles. The van der Waals surface area contributed by atoms with E-state index >= 15 is 0 Å². The summed E-state index contributed by atoms with van der Waals surface area (Å²) in [6.07, 6.45) is 4.50. The summed E-state index contributed by atoms with van der Waals surface area (Å²) < 4.78 is 18.6. The van der Waals surface area contributed by atoms with Gasteiger partial charge in [0.05, 0.1) is 7.11 Å². The summed E-state index contributed by atoms with van der Waals surface area (Å²) in [7, 11) is 1.44. The van der Waals surface area contributed by atoms with E-state index in [1.165, 1.54) is 51.2 Å². The van der Waals surface area contributed by atoms with Crippen LogP contribution in [0.4, 0.5) is 4.39 Å². The molecule has 0 bridgehead atoms. The lowest BCUT2D eigenvalue weighted by Gasteiger charge is -2.39. The summed E-state index contributed by atoms with van der Waals surface area (Å²) in [5.74, 6) is -1.05. The minimum absolute atomic E-state index is 0.295. The standard InChI is InChI=1S/C18H25FN2O3/c1-24-16-12-13(19)4-5-15(16)17(18(22)23)21-10-6-14(7-11-21)20-8-2-3-9-20/h4-5,12,14,17H,2-3,6-11H2,1H3,(H,22,23). The third-order valence-corrected chi connectivity index (χ3v) is 5.25. The van der Waals surface area contributed by atoms with E-state index in [9.17, 15) is 14.3 Å². The highest BCUT2D eigenvalue weighted by atomic mass is 19.1. The third-order valence-electron chi connectivity index (χ3n) is 5.25. The van der Waals surface area contributed by atoms with E-state index in [-0.39, 0.29) is 0 Å². The van der Waals surface area contributed by atoms with Crippen LogP contribution in [0.5, 0.6) is 5.75 Å². The van der Waals surface area contributed by atoms with Crippen LogP contribution < -0.4 is 4.74 Å². The first-order chi connectivity index (χ1) is 11.6. The molecule has 0 saturated carbocycles. The van der Waals surface area contributed by atoms with Gasteiger partial charge < -0.3 is 14.7 Å². The topological polar surface area (TPSA) is 53.0 Å². The van der Waals surface area contributed by atoms with Crippen LogP contribution in [-0.4, -0.2) is 60.2 Å². The van der Waals surface area contributed by atoms with E-state index in [0.717, 1.165) is 25.9 Å². The highest BCUT2D eigenvalue weighted by molar-refractivity contribution is 5.76. The number of likely N-dealkylation sites (tertiary alicyclic amines) is 2. The van der Waals surface area contributed by atoms with Crippen molar-refractivity contribution in [2.24, 2.45) is 0 Å². The zero-order valence-corrected chi connectivity index (χ0v) is 14.1. The second-order valence-corrected chi connectivity index (χ2v) is 6.64. The molecule has 24 heavy (non-hydrogen) atoms. The van der Waals surface area contributed by atoms with Gasteiger partial charge in [-0.15, -0.1) is 0 Å². The molecule has 0 aromatic heterocycles. The van der Waals surface area contributed by atoms with E-state index in [4.69, 9.17) is 4.74 Å². The minimum atomic E-state index is -0.917. The molecule has 132 valence electrons. The first-order valence-corrected chi connectivity index (χ1v) is 8.64. The number of nitrogens with zero attached hydrogens (tertiary/aromatic N) is 2. The normalized spacial score (nSPS) is 21.8. The fourth-order valence-electron chi connectivity index (χ4n) is 4.01. The Morgan fingerprint density at radius 3 is 2.50 bits per heavy atom. The summed E-state index contributed by atoms with van der Waals surface area (Å²) in [6, 6.07) is 3.85. The van der Waals surface area contributed by atoms with E-state index in [2.05, 4.69) is 4.90 Å². The van der Waals surface area contributed by atoms with Crippen molar-refractivity contribution in [1.82, 2.24) is 9.80 Å². The number of aliphatic carboxylic acids is 1. The van der Waals surface area contributed by atoms with E-state index < -0.39 is 17.8 Å². The second-order valence-electron chi connectivity index (χ2n) is 6.64. The predicted molar refractivity (Wildman–Crippen MR) is 88.7 cm³/mol. The average Bonchev–Trinajstić information content (AvgIpc) is 3.11. The number of carbonyl (C=O) groups is 1. The molecule has 1 N–H and O–H groups in total. The van der Waals surface area contributed by atoms with Gasteiger partial charge in [0, 0.05) is 30.8 Å². The summed E-state index contributed by atoms with van der Waals surface area (Å²) in [5.41, 5.74) is 0.519. The van der Waals surface area contributed by atoms with Crippen molar-refractivity contribution in [1.29, 1.82) is 0 Å². The van der Waals surface area contributed by atoms with Crippen LogP contribution in [-0.2, 0) is 4.79 Å². The van der Waals surface area contributed by atoms with Crippen LogP contribution in [0, 0.1) is 5.82 Å². The van der Waals surface area contributed by atoms with Gasteiger partial charge in [-0.25, -0.2) is 4.39 Å². The molecule has 1 unspecified atom stereocenters. The Labute approximate surface area is 142 Å². The molecule has 5 nitrogen and oxygen atoms in total. The molecule has 3 rings (SSSR count). The van der Waals surface area contributed by atoms with Gasteiger partial charge in [0.25, 0.3) is 0 Å². The molecule has 2 fully saturated rings. The number of hydrogen-bond donors (Lipinski definition) is 1. The Morgan fingerprint density at radius 2 is 1.92 bits per heavy atom. The van der Waals surface area contributed by atoms with Crippen molar-refractivity contribution < 1.29 is 19.0 Å². The van der Waals surface area contributed by atoms with Gasteiger partial charge in [-0.1, -0.05) is 6.07 Å². The van der Waals surface area contributed by atoms with Crippen molar-refractivity contribution >= 4 is 5.97 Å². The highest BCUT2D eigenvalue weighted by Gasteiger charge is 2.34. The number of carboxylic acids is 1. The van der Waals surface area contributed by atoms with Crippen LogP contribution in [0.2, 0.25) is 0 Å². The summed E-state index contributed by atoms with van der Waals surface area (Å²) in [5, 5.41) is 9.74. The van der Waals surface area contributed by atoms with Crippen LogP contribution >= 0.6 is 0 Å². The predicted octanol–water partition coefficient (Wildman–Crippen LogP) is 2.52. The van der Waals surface area contributed by atoms with Crippen molar-refractivity contribution in [2.75, 3.05) is 33.3 Å². The number of carboxylic acid groups (broad SMARTS) is 1. The Kier molecular flexibility index (Phi) is 5.36. The number of ether oxygens (including phenoxy) is 1. The number of hydrogen-bond acceptors (Lipinski definition) is 4. The SMILES string of the molecule is COc1cc(F)ccc1C(C(=O)O)N1CCC(N2CCCC2)CC1. The molecule has 2 aliphatic rings. The monoisotopic (exact) mass is 336 g/mol. The summed E-state index contributed by atoms with van der Waals surface area (Å²) >= 11 is 0. The van der Waals surface area contributed by atoms with Crippen LogP contribution in [0.25, 0.3) is 0 Å². The van der Waals surface area contributed by atoms with Gasteiger partial charge in [0.1, 0.15) is 17.6 Å². The Balaban J connectivity index is 1.74. The number of piperidine rings is 1. The molecule has 6 heteroatoms. The Hall–Kier alpha value is -1.66. The van der Waals surface area contributed by atoms with Crippen LogP contribution in [0.3, 0.4) is 0 Å². The molecule has 2 aliphatic heterocycles. The zero-order chi connectivity index (χ0) is 17.1. The lowest BCUT2D eigenvalue weighted by atomic mass is 9.97. The van der Waals surface area contributed by atoms with Crippen molar-refractivity contribution in [3.05, 3.63) is 29.6 Å². The highest BCUT2D eigenvalue weighted by Crippen LogP contribution is 2.33. The van der Waals surface area contributed by atoms with Gasteiger partial charge in [-0.2, -0.15) is 0 Å².